The van der Waals surface area contributed by atoms with Crippen LogP contribution in [0.1, 0.15) is 36.2 Å². The monoisotopic (exact) mass is 363 g/mol. The van der Waals surface area contributed by atoms with Crippen LogP contribution in [0.2, 0.25) is 0 Å². The number of thioether (sulfide) groups is 1. The number of fused-ring (bicyclic) bond motifs is 1. The van der Waals surface area contributed by atoms with Gasteiger partial charge < -0.3 is 10.1 Å². The Bertz CT molecular complexity index is 816. The highest BCUT2D eigenvalue weighted by Gasteiger charge is 2.23. The van der Waals surface area contributed by atoms with E-state index in [9.17, 15) is 9.59 Å². The first-order valence-electron chi connectivity index (χ1n) is 8.19. The second kappa shape index (κ2) is 7.38. The molecule has 9 heteroatoms. The Kier molecular flexibility index (Phi) is 5.22. The van der Waals surface area contributed by atoms with Crippen molar-refractivity contribution in [2.45, 2.75) is 50.7 Å². The molecule has 0 spiro atoms. The van der Waals surface area contributed by atoms with Gasteiger partial charge in [-0.3, -0.25) is 9.59 Å². The van der Waals surface area contributed by atoms with Crippen molar-refractivity contribution in [2.75, 3.05) is 12.9 Å². The van der Waals surface area contributed by atoms with Gasteiger partial charge in [-0.1, -0.05) is 11.8 Å². The van der Waals surface area contributed by atoms with E-state index in [2.05, 4.69) is 20.4 Å². The zero-order chi connectivity index (χ0) is 18.0. The number of rotatable bonds is 7. The molecule has 0 aromatic carbocycles. The van der Waals surface area contributed by atoms with E-state index in [0.29, 0.717) is 17.4 Å². The molecular formula is C16H21N5O3S. The minimum Gasteiger partial charge on any atom is -0.456 e. The van der Waals surface area contributed by atoms with E-state index in [1.54, 1.807) is 4.52 Å². The predicted octanol–water partition coefficient (Wildman–Crippen LogP) is 1.22. The first-order valence-corrected chi connectivity index (χ1v) is 9.42. The lowest BCUT2D eigenvalue weighted by molar-refractivity contribution is -0.148. The van der Waals surface area contributed by atoms with Gasteiger partial charge in [0.05, 0.1) is 0 Å². The van der Waals surface area contributed by atoms with Crippen molar-refractivity contribution in [1.29, 1.82) is 0 Å². The number of nitrogens with zero attached hydrogens (tertiary/aromatic N) is 4. The van der Waals surface area contributed by atoms with Gasteiger partial charge in [-0.15, -0.1) is 5.10 Å². The summed E-state index contributed by atoms with van der Waals surface area (Å²) < 4.78 is 6.73. The summed E-state index contributed by atoms with van der Waals surface area (Å²) in [7, 11) is 0. The molecular weight excluding hydrogens is 342 g/mol. The summed E-state index contributed by atoms with van der Waals surface area (Å²) in [6.45, 7) is 3.61. The van der Waals surface area contributed by atoms with E-state index >= 15 is 0 Å². The molecule has 3 rings (SSSR count). The number of ether oxygens (including phenoxy) is 1. The quantitative estimate of drug-likeness (QED) is 0.583. The fourth-order valence-corrected chi connectivity index (χ4v) is 2.92. The molecule has 134 valence electrons. The fourth-order valence-electron chi connectivity index (χ4n) is 2.58. The summed E-state index contributed by atoms with van der Waals surface area (Å²) in [6.07, 6.45) is 4.60. The molecule has 0 unspecified atom stereocenters. The van der Waals surface area contributed by atoms with Crippen molar-refractivity contribution >= 4 is 29.4 Å². The van der Waals surface area contributed by atoms with Gasteiger partial charge >= 0.3 is 5.97 Å². The first-order chi connectivity index (χ1) is 12.0. The van der Waals surface area contributed by atoms with E-state index in [1.807, 2.05) is 20.1 Å². The van der Waals surface area contributed by atoms with Gasteiger partial charge in [0, 0.05) is 23.9 Å². The van der Waals surface area contributed by atoms with Gasteiger partial charge in [0.25, 0.3) is 11.7 Å². The van der Waals surface area contributed by atoms with Crippen molar-refractivity contribution in [2.24, 2.45) is 0 Å². The van der Waals surface area contributed by atoms with Crippen LogP contribution in [0, 0.1) is 13.8 Å². The molecule has 1 aliphatic rings. The van der Waals surface area contributed by atoms with Crippen molar-refractivity contribution in [3.05, 3.63) is 17.0 Å². The normalized spacial score (nSPS) is 13.9. The van der Waals surface area contributed by atoms with Crippen LogP contribution in [0.25, 0.3) is 5.78 Å². The van der Waals surface area contributed by atoms with Gasteiger partial charge in [-0.2, -0.15) is 4.98 Å². The number of aromatic nitrogens is 4. The molecule has 0 aliphatic heterocycles. The zero-order valence-corrected chi connectivity index (χ0v) is 15.4. The molecule has 1 aliphatic carbocycles. The molecule has 2 heterocycles. The van der Waals surface area contributed by atoms with Crippen LogP contribution in [0.5, 0.6) is 0 Å². The SMILES string of the molecule is CSc1nc2nc(C)c(CCC(=O)OCC(=O)NC3CC3)c(C)n2n1. The lowest BCUT2D eigenvalue weighted by Crippen LogP contribution is -2.30. The van der Waals surface area contributed by atoms with Crippen LogP contribution in [0.3, 0.4) is 0 Å². The van der Waals surface area contributed by atoms with Crippen LogP contribution < -0.4 is 5.32 Å². The predicted molar refractivity (Wildman–Crippen MR) is 92.5 cm³/mol. The summed E-state index contributed by atoms with van der Waals surface area (Å²) in [4.78, 5) is 32.2. The summed E-state index contributed by atoms with van der Waals surface area (Å²) >= 11 is 1.46. The van der Waals surface area contributed by atoms with E-state index in [-0.39, 0.29) is 25.0 Å². The number of nitrogens with one attached hydrogen (secondary N) is 1. The Morgan fingerprint density at radius 3 is 2.76 bits per heavy atom. The third kappa shape index (κ3) is 4.28. The van der Waals surface area contributed by atoms with Crippen LogP contribution in [-0.4, -0.2) is 50.4 Å². The fraction of sp³-hybridized carbons (Fsp3) is 0.562. The lowest BCUT2D eigenvalue weighted by Gasteiger charge is -2.10. The molecule has 1 saturated carbocycles. The number of hydrogen-bond acceptors (Lipinski definition) is 7. The molecule has 25 heavy (non-hydrogen) atoms. The average molecular weight is 363 g/mol. The van der Waals surface area contributed by atoms with Crippen molar-refractivity contribution in [3.63, 3.8) is 0 Å². The maximum atomic E-state index is 11.9. The van der Waals surface area contributed by atoms with Gasteiger partial charge in [0.15, 0.2) is 6.61 Å². The van der Waals surface area contributed by atoms with E-state index in [4.69, 9.17) is 4.74 Å². The molecule has 0 saturated heterocycles. The van der Waals surface area contributed by atoms with Gasteiger partial charge in [0.1, 0.15) is 0 Å². The van der Waals surface area contributed by atoms with Crippen LogP contribution >= 0.6 is 11.8 Å². The third-order valence-electron chi connectivity index (χ3n) is 4.10. The van der Waals surface area contributed by atoms with Crippen molar-refractivity contribution < 1.29 is 14.3 Å². The second-order valence-corrected chi connectivity index (χ2v) is 6.85. The third-order valence-corrected chi connectivity index (χ3v) is 4.64. The molecule has 0 atom stereocenters. The Morgan fingerprint density at radius 1 is 1.32 bits per heavy atom. The minimum atomic E-state index is -0.395. The smallest absolute Gasteiger partial charge is 0.306 e. The first kappa shape index (κ1) is 17.7. The highest BCUT2D eigenvalue weighted by atomic mass is 32.2. The molecule has 1 fully saturated rings. The molecule has 2 aromatic rings. The number of hydrogen-bond donors (Lipinski definition) is 1. The summed E-state index contributed by atoms with van der Waals surface area (Å²) in [6, 6.07) is 0.267. The largest absolute Gasteiger partial charge is 0.456 e. The standard InChI is InChI=1S/C16H21N5O3S/c1-9-12(10(2)21-15(17-9)19-16(20-21)25-3)6-7-14(23)24-8-13(22)18-11-4-5-11/h11H,4-8H2,1-3H3,(H,18,22). The zero-order valence-electron chi connectivity index (χ0n) is 14.5. The average Bonchev–Trinajstić information content (AvgIpc) is 3.29. The Hall–Kier alpha value is -2.16. The molecule has 0 radical (unpaired) electrons. The second-order valence-electron chi connectivity index (χ2n) is 6.07. The highest BCUT2D eigenvalue weighted by Crippen LogP contribution is 2.19. The summed E-state index contributed by atoms with van der Waals surface area (Å²) in [5.41, 5.74) is 2.68. The van der Waals surface area contributed by atoms with Crippen LogP contribution in [0.15, 0.2) is 5.16 Å². The Morgan fingerprint density at radius 2 is 2.08 bits per heavy atom. The lowest BCUT2D eigenvalue weighted by atomic mass is 10.1. The van der Waals surface area contributed by atoms with Gasteiger partial charge in [0.2, 0.25) is 5.16 Å². The number of esters is 1. The highest BCUT2D eigenvalue weighted by molar-refractivity contribution is 7.98. The van der Waals surface area contributed by atoms with Crippen molar-refractivity contribution in [3.8, 4) is 0 Å². The Balaban J connectivity index is 1.60. The minimum absolute atomic E-state index is 0.190. The maximum absolute atomic E-state index is 11.9. The maximum Gasteiger partial charge on any atom is 0.306 e. The van der Waals surface area contributed by atoms with E-state index in [1.165, 1.54) is 11.8 Å². The van der Waals surface area contributed by atoms with Crippen LogP contribution in [-0.2, 0) is 20.7 Å². The van der Waals surface area contributed by atoms with Gasteiger partial charge in [-0.25, -0.2) is 9.50 Å². The number of carbonyl (C=O) groups is 2. The molecule has 1 amide bonds. The van der Waals surface area contributed by atoms with E-state index < -0.39 is 5.97 Å². The Labute approximate surface area is 149 Å². The van der Waals surface area contributed by atoms with Crippen LogP contribution in [0.4, 0.5) is 0 Å². The number of carbonyl (C=O) groups excluding carboxylic acids is 2. The molecule has 2 aromatic heterocycles. The van der Waals surface area contributed by atoms with Crippen molar-refractivity contribution in [1.82, 2.24) is 24.9 Å². The molecule has 8 nitrogen and oxygen atoms in total. The topological polar surface area (TPSA) is 98.5 Å². The summed E-state index contributed by atoms with van der Waals surface area (Å²) in [5.74, 6) is -0.0748. The van der Waals surface area contributed by atoms with E-state index in [0.717, 1.165) is 29.8 Å². The molecule has 0 bridgehead atoms. The number of amides is 1. The van der Waals surface area contributed by atoms with Gasteiger partial charge in [-0.05, 0) is 44.9 Å². The number of aryl methyl sites for hydroxylation is 2. The summed E-state index contributed by atoms with van der Waals surface area (Å²) in [5, 5.41) is 7.83. The molecule has 1 N–H and O–H groups in total.